The quantitative estimate of drug-likeness (QED) is 0.521. The molecule has 0 bridgehead atoms. The summed E-state index contributed by atoms with van der Waals surface area (Å²) < 4.78 is 5.49. The van der Waals surface area contributed by atoms with Gasteiger partial charge in [-0.25, -0.2) is 9.78 Å². The van der Waals surface area contributed by atoms with Crippen LogP contribution in [0.2, 0.25) is 5.02 Å². The van der Waals surface area contributed by atoms with Crippen LogP contribution in [0.5, 0.6) is 5.75 Å². The Kier molecular flexibility index (Phi) is 6.46. The minimum Gasteiger partial charge on any atom is -0.492 e. The number of nitrogens with one attached hydrogen (secondary N) is 3. The maximum Gasteiger partial charge on any atom is 0.325 e. The molecule has 0 aliphatic heterocycles. The average Bonchev–Trinajstić information content (AvgIpc) is 3.12. The van der Waals surface area contributed by atoms with Gasteiger partial charge in [0.05, 0.1) is 12.3 Å². The largest absolute Gasteiger partial charge is 0.492 e. The SMILES string of the molecule is CCOc1ccccc1NC(=O)c1csc(NC(=O)Nc2cccc(Cl)c2)n1. The van der Waals surface area contributed by atoms with Gasteiger partial charge in [0.1, 0.15) is 11.4 Å². The normalized spacial score (nSPS) is 10.2. The minimum atomic E-state index is -0.481. The standard InChI is InChI=1S/C19H17ClN4O3S/c1-2-27-16-9-4-3-8-14(16)22-17(25)15-11-28-19(23-15)24-18(26)21-13-7-5-6-12(20)10-13/h3-11H,2H2,1H3,(H,22,25)(H2,21,23,24,26). The molecule has 3 N–H and O–H groups in total. The maximum atomic E-state index is 12.4. The number of carbonyl (C=O) groups excluding carboxylic acids is 2. The molecule has 0 saturated carbocycles. The number of hydrogen-bond acceptors (Lipinski definition) is 5. The molecule has 7 nitrogen and oxygen atoms in total. The third-order valence-electron chi connectivity index (χ3n) is 3.47. The van der Waals surface area contributed by atoms with Crippen LogP contribution in [-0.2, 0) is 0 Å². The number of ether oxygens (including phenoxy) is 1. The topological polar surface area (TPSA) is 92.4 Å². The average molecular weight is 417 g/mol. The third kappa shape index (κ3) is 5.21. The Morgan fingerprint density at radius 1 is 1.11 bits per heavy atom. The fourth-order valence-corrected chi connectivity index (χ4v) is 3.17. The number of benzene rings is 2. The molecular weight excluding hydrogens is 400 g/mol. The summed E-state index contributed by atoms with van der Waals surface area (Å²) in [6.45, 7) is 2.35. The van der Waals surface area contributed by atoms with Crippen LogP contribution in [-0.4, -0.2) is 23.5 Å². The van der Waals surface area contributed by atoms with Gasteiger partial charge < -0.3 is 15.4 Å². The van der Waals surface area contributed by atoms with Crippen molar-refractivity contribution in [1.29, 1.82) is 0 Å². The monoisotopic (exact) mass is 416 g/mol. The van der Waals surface area contributed by atoms with Gasteiger partial charge in [-0.2, -0.15) is 0 Å². The van der Waals surface area contributed by atoms with E-state index >= 15 is 0 Å². The van der Waals surface area contributed by atoms with Crippen molar-refractivity contribution in [3.63, 3.8) is 0 Å². The molecule has 3 rings (SSSR count). The van der Waals surface area contributed by atoms with Crippen LogP contribution in [0.15, 0.2) is 53.9 Å². The third-order valence-corrected chi connectivity index (χ3v) is 4.47. The van der Waals surface area contributed by atoms with Gasteiger partial charge >= 0.3 is 6.03 Å². The lowest BCUT2D eigenvalue weighted by Gasteiger charge is -2.10. The Bertz CT molecular complexity index is 993. The molecule has 0 fully saturated rings. The predicted molar refractivity (Wildman–Crippen MR) is 112 cm³/mol. The maximum absolute atomic E-state index is 12.4. The molecule has 2 aromatic carbocycles. The number of carbonyl (C=O) groups is 2. The van der Waals surface area contributed by atoms with Crippen molar-refractivity contribution in [3.05, 3.63) is 64.6 Å². The van der Waals surface area contributed by atoms with Crippen LogP contribution in [0.1, 0.15) is 17.4 Å². The van der Waals surface area contributed by atoms with E-state index in [0.717, 1.165) is 11.3 Å². The first-order valence-corrected chi connectivity index (χ1v) is 9.63. The number of aromatic nitrogens is 1. The highest BCUT2D eigenvalue weighted by Crippen LogP contribution is 2.25. The smallest absolute Gasteiger partial charge is 0.325 e. The summed E-state index contributed by atoms with van der Waals surface area (Å²) in [5.41, 5.74) is 1.29. The molecule has 9 heteroatoms. The summed E-state index contributed by atoms with van der Waals surface area (Å²) in [5, 5.41) is 10.4. The van der Waals surface area contributed by atoms with E-state index in [0.29, 0.717) is 33.9 Å². The number of anilines is 3. The molecule has 144 valence electrons. The number of rotatable bonds is 6. The summed E-state index contributed by atoms with van der Waals surface area (Å²) >= 11 is 7.03. The van der Waals surface area contributed by atoms with Gasteiger partial charge in [-0.15, -0.1) is 11.3 Å². The highest BCUT2D eigenvalue weighted by Gasteiger charge is 2.14. The van der Waals surface area contributed by atoms with Crippen LogP contribution in [0.3, 0.4) is 0 Å². The van der Waals surface area contributed by atoms with E-state index in [-0.39, 0.29) is 5.69 Å². The van der Waals surface area contributed by atoms with E-state index in [9.17, 15) is 9.59 Å². The van der Waals surface area contributed by atoms with Crippen molar-refractivity contribution in [2.75, 3.05) is 22.6 Å². The molecular formula is C19H17ClN4O3S. The number of thiazole rings is 1. The number of hydrogen-bond donors (Lipinski definition) is 3. The first-order chi connectivity index (χ1) is 13.5. The molecule has 0 aliphatic rings. The molecule has 0 radical (unpaired) electrons. The Labute approximate surface area is 170 Å². The summed E-state index contributed by atoms with van der Waals surface area (Å²) in [6, 6.07) is 13.4. The lowest BCUT2D eigenvalue weighted by atomic mass is 10.3. The molecule has 3 amide bonds. The van der Waals surface area contributed by atoms with Gasteiger partial charge in [0, 0.05) is 16.1 Å². The minimum absolute atomic E-state index is 0.189. The fourth-order valence-electron chi connectivity index (χ4n) is 2.30. The second kappa shape index (κ2) is 9.20. The lowest BCUT2D eigenvalue weighted by Crippen LogP contribution is -2.19. The number of halogens is 1. The molecule has 0 saturated heterocycles. The summed E-state index contributed by atoms with van der Waals surface area (Å²) in [7, 11) is 0. The number of urea groups is 1. The molecule has 1 heterocycles. The van der Waals surface area contributed by atoms with Crippen molar-refractivity contribution in [1.82, 2.24) is 4.98 Å². The number of amides is 3. The molecule has 28 heavy (non-hydrogen) atoms. The highest BCUT2D eigenvalue weighted by atomic mass is 35.5. The fraction of sp³-hybridized carbons (Fsp3) is 0.105. The molecule has 0 aliphatic carbocycles. The van der Waals surface area contributed by atoms with E-state index in [2.05, 4.69) is 20.9 Å². The van der Waals surface area contributed by atoms with E-state index in [4.69, 9.17) is 16.3 Å². The van der Waals surface area contributed by atoms with Crippen LogP contribution in [0.25, 0.3) is 0 Å². The summed E-state index contributed by atoms with van der Waals surface area (Å²) in [4.78, 5) is 28.6. The first-order valence-electron chi connectivity index (χ1n) is 8.37. The number of nitrogens with zero attached hydrogens (tertiary/aromatic N) is 1. The Hall–Kier alpha value is -3.10. The van der Waals surface area contributed by atoms with Gasteiger partial charge in [-0.1, -0.05) is 29.8 Å². The second-order valence-electron chi connectivity index (χ2n) is 5.51. The van der Waals surface area contributed by atoms with Crippen molar-refractivity contribution < 1.29 is 14.3 Å². The van der Waals surface area contributed by atoms with Gasteiger partial charge in [0.25, 0.3) is 5.91 Å². The van der Waals surface area contributed by atoms with Crippen LogP contribution < -0.4 is 20.7 Å². The zero-order valence-corrected chi connectivity index (χ0v) is 16.4. The molecule has 0 spiro atoms. The van der Waals surface area contributed by atoms with Gasteiger partial charge in [-0.3, -0.25) is 10.1 Å². The zero-order chi connectivity index (χ0) is 19.9. The molecule has 3 aromatic rings. The first kappa shape index (κ1) is 19.7. The van der Waals surface area contributed by atoms with Crippen molar-refractivity contribution in [2.24, 2.45) is 0 Å². The molecule has 0 unspecified atom stereocenters. The lowest BCUT2D eigenvalue weighted by molar-refractivity contribution is 0.102. The highest BCUT2D eigenvalue weighted by molar-refractivity contribution is 7.14. The van der Waals surface area contributed by atoms with E-state index in [1.165, 1.54) is 0 Å². The van der Waals surface area contributed by atoms with Gasteiger partial charge in [0.2, 0.25) is 0 Å². The Morgan fingerprint density at radius 2 is 1.93 bits per heavy atom. The van der Waals surface area contributed by atoms with E-state index in [1.54, 1.807) is 47.8 Å². The van der Waals surface area contributed by atoms with Crippen molar-refractivity contribution in [3.8, 4) is 5.75 Å². The van der Waals surface area contributed by atoms with Gasteiger partial charge in [-0.05, 0) is 37.3 Å². The zero-order valence-electron chi connectivity index (χ0n) is 14.9. The molecule has 0 atom stereocenters. The van der Waals surface area contributed by atoms with Crippen LogP contribution in [0, 0.1) is 0 Å². The summed E-state index contributed by atoms with van der Waals surface area (Å²) in [6.07, 6.45) is 0. The summed E-state index contributed by atoms with van der Waals surface area (Å²) in [5.74, 6) is 0.180. The Morgan fingerprint density at radius 3 is 2.71 bits per heavy atom. The second-order valence-corrected chi connectivity index (χ2v) is 6.81. The van der Waals surface area contributed by atoms with Crippen molar-refractivity contribution in [2.45, 2.75) is 6.92 Å². The van der Waals surface area contributed by atoms with Gasteiger partial charge in [0.15, 0.2) is 5.13 Å². The van der Waals surface area contributed by atoms with Crippen molar-refractivity contribution >= 4 is 51.4 Å². The van der Waals surface area contributed by atoms with Crippen LogP contribution >= 0.6 is 22.9 Å². The van der Waals surface area contributed by atoms with E-state index in [1.807, 2.05) is 13.0 Å². The van der Waals surface area contributed by atoms with E-state index < -0.39 is 11.9 Å². The van der Waals surface area contributed by atoms with Crippen LogP contribution in [0.4, 0.5) is 21.3 Å². The number of para-hydroxylation sites is 2. The Balaban J connectivity index is 1.62. The molecule has 1 aromatic heterocycles. The predicted octanol–water partition coefficient (Wildman–Crippen LogP) is 5.09.